The lowest BCUT2D eigenvalue weighted by atomic mass is 10.0. The number of aryl methyl sites for hydroxylation is 2. The molecule has 0 bridgehead atoms. The molecule has 0 saturated carbocycles. The number of anilines is 1. The van der Waals surface area contributed by atoms with Gasteiger partial charge in [0, 0.05) is 11.2 Å². The standard InChI is InChI=1S/C14H19N3O2/c1-9-6-12(11(7-15)10(2)16-9)17(8-13(18)19)14(3,4)5/h6H,8H2,1-5H3,(H,18,19). The van der Waals surface area contributed by atoms with Crippen molar-refractivity contribution in [3.05, 3.63) is 23.0 Å². The number of aromatic nitrogens is 1. The molecule has 0 unspecified atom stereocenters. The molecule has 1 heterocycles. The molecule has 5 nitrogen and oxygen atoms in total. The largest absolute Gasteiger partial charge is 0.480 e. The second-order valence-electron chi connectivity index (χ2n) is 5.51. The van der Waals surface area contributed by atoms with E-state index < -0.39 is 11.5 Å². The van der Waals surface area contributed by atoms with Crippen molar-refractivity contribution in [1.82, 2.24) is 4.98 Å². The lowest BCUT2D eigenvalue weighted by Crippen LogP contribution is -2.45. The first-order valence-corrected chi connectivity index (χ1v) is 6.04. The van der Waals surface area contributed by atoms with Gasteiger partial charge in [-0.2, -0.15) is 5.26 Å². The molecule has 1 aromatic heterocycles. The Morgan fingerprint density at radius 1 is 1.47 bits per heavy atom. The van der Waals surface area contributed by atoms with E-state index in [1.165, 1.54) is 0 Å². The summed E-state index contributed by atoms with van der Waals surface area (Å²) in [6, 6.07) is 3.88. The highest BCUT2D eigenvalue weighted by Crippen LogP contribution is 2.29. The van der Waals surface area contributed by atoms with E-state index in [1.807, 2.05) is 27.7 Å². The van der Waals surface area contributed by atoms with Gasteiger partial charge in [0.2, 0.25) is 0 Å². The summed E-state index contributed by atoms with van der Waals surface area (Å²) in [5.41, 5.74) is 2.05. The van der Waals surface area contributed by atoms with Gasteiger partial charge >= 0.3 is 5.97 Å². The zero-order valence-electron chi connectivity index (χ0n) is 12.0. The normalized spacial score (nSPS) is 10.9. The maximum absolute atomic E-state index is 11.1. The molecule has 0 saturated heterocycles. The van der Waals surface area contributed by atoms with Gasteiger partial charge in [0.25, 0.3) is 0 Å². The summed E-state index contributed by atoms with van der Waals surface area (Å²) in [7, 11) is 0. The molecular formula is C14H19N3O2. The summed E-state index contributed by atoms with van der Waals surface area (Å²) in [5, 5.41) is 18.3. The van der Waals surface area contributed by atoms with Gasteiger partial charge in [-0.3, -0.25) is 9.78 Å². The van der Waals surface area contributed by atoms with Crippen LogP contribution in [0.1, 0.15) is 37.7 Å². The second kappa shape index (κ2) is 5.27. The molecule has 0 aliphatic carbocycles. The molecule has 0 radical (unpaired) electrons. The number of aliphatic carboxylic acids is 1. The zero-order valence-corrected chi connectivity index (χ0v) is 12.0. The molecule has 0 atom stereocenters. The molecule has 0 fully saturated rings. The fourth-order valence-electron chi connectivity index (χ4n) is 1.98. The van der Waals surface area contributed by atoms with Crippen LogP contribution in [-0.2, 0) is 4.79 Å². The van der Waals surface area contributed by atoms with Crippen LogP contribution >= 0.6 is 0 Å². The number of nitrogens with zero attached hydrogens (tertiary/aromatic N) is 3. The molecular weight excluding hydrogens is 242 g/mol. The predicted octanol–water partition coefficient (Wildman–Crippen LogP) is 2.26. The van der Waals surface area contributed by atoms with Gasteiger partial charge in [0.15, 0.2) is 0 Å². The van der Waals surface area contributed by atoms with E-state index in [1.54, 1.807) is 17.9 Å². The maximum Gasteiger partial charge on any atom is 0.323 e. The van der Waals surface area contributed by atoms with E-state index in [-0.39, 0.29) is 6.54 Å². The fraction of sp³-hybridized carbons (Fsp3) is 0.500. The molecule has 5 heteroatoms. The topological polar surface area (TPSA) is 77.2 Å². The van der Waals surface area contributed by atoms with Crippen LogP contribution in [0.4, 0.5) is 5.69 Å². The van der Waals surface area contributed by atoms with Gasteiger partial charge in [0.05, 0.1) is 16.9 Å². The second-order valence-corrected chi connectivity index (χ2v) is 5.51. The highest BCUT2D eigenvalue weighted by atomic mass is 16.4. The lowest BCUT2D eigenvalue weighted by molar-refractivity contribution is -0.135. The number of rotatable bonds is 3. The van der Waals surface area contributed by atoms with Crippen molar-refractivity contribution < 1.29 is 9.90 Å². The van der Waals surface area contributed by atoms with Crippen LogP contribution in [0.15, 0.2) is 6.07 Å². The van der Waals surface area contributed by atoms with Crippen molar-refractivity contribution in [1.29, 1.82) is 5.26 Å². The summed E-state index contributed by atoms with van der Waals surface area (Å²) in [4.78, 5) is 17.0. The van der Waals surface area contributed by atoms with Crippen LogP contribution in [0.25, 0.3) is 0 Å². The third kappa shape index (κ3) is 3.44. The van der Waals surface area contributed by atoms with Crippen LogP contribution in [0.3, 0.4) is 0 Å². The number of nitriles is 1. The Kier molecular flexibility index (Phi) is 4.15. The molecule has 102 valence electrons. The van der Waals surface area contributed by atoms with Crippen molar-refractivity contribution in [2.24, 2.45) is 0 Å². The van der Waals surface area contributed by atoms with Gasteiger partial charge in [0.1, 0.15) is 12.6 Å². The Bertz CT molecular complexity index is 539. The van der Waals surface area contributed by atoms with Gasteiger partial charge < -0.3 is 10.0 Å². The molecule has 1 N–H and O–H groups in total. The van der Waals surface area contributed by atoms with Crippen LogP contribution in [0, 0.1) is 25.2 Å². The SMILES string of the molecule is Cc1cc(N(CC(=O)O)C(C)(C)C)c(C#N)c(C)n1. The third-order valence-corrected chi connectivity index (χ3v) is 2.81. The molecule has 0 spiro atoms. The van der Waals surface area contributed by atoms with Gasteiger partial charge in [-0.15, -0.1) is 0 Å². The zero-order chi connectivity index (χ0) is 14.8. The third-order valence-electron chi connectivity index (χ3n) is 2.81. The highest BCUT2D eigenvalue weighted by Gasteiger charge is 2.27. The molecule has 19 heavy (non-hydrogen) atoms. The van der Waals surface area contributed by atoms with E-state index >= 15 is 0 Å². The monoisotopic (exact) mass is 261 g/mol. The quantitative estimate of drug-likeness (QED) is 0.903. The van der Waals surface area contributed by atoms with E-state index in [4.69, 9.17) is 5.11 Å². The first kappa shape index (κ1) is 15.0. The number of hydrogen-bond acceptors (Lipinski definition) is 4. The minimum absolute atomic E-state index is 0.152. The van der Waals surface area contributed by atoms with Crippen LogP contribution in [-0.4, -0.2) is 28.1 Å². The fourth-order valence-corrected chi connectivity index (χ4v) is 1.98. The van der Waals surface area contributed by atoms with Crippen molar-refractivity contribution in [2.45, 2.75) is 40.2 Å². The Hall–Kier alpha value is -2.09. The summed E-state index contributed by atoms with van der Waals surface area (Å²) < 4.78 is 0. The van der Waals surface area contributed by atoms with Crippen molar-refractivity contribution in [2.75, 3.05) is 11.4 Å². The summed E-state index contributed by atoms with van der Waals surface area (Å²) in [6.45, 7) is 9.20. The van der Waals surface area contributed by atoms with Crippen LogP contribution in [0.5, 0.6) is 0 Å². The molecule has 1 aromatic rings. The van der Waals surface area contributed by atoms with E-state index in [9.17, 15) is 10.1 Å². The highest BCUT2D eigenvalue weighted by molar-refractivity contribution is 5.76. The Labute approximate surface area is 113 Å². The Morgan fingerprint density at radius 2 is 2.05 bits per heavy atom. The number of carbonyl (C=O) groups is 1. The molecule has 1 rings (SSSR count). The Balaban J connectivity index is 3.46. The van der Waals surface area contributed by atoms with Crippen LogP contribution in [0.2, 0.25) is 0 Å². The lowest BCUT2D eigenvalue weighted by Gasteiger charge is -2.37. The minimum Gasteiger partial charge on any atom is -0.480 e. The number of carboxylic acids is 1. The van der Waals surface area contributed by atoms with E-state index in [0.717, 1.165) is 5.69 Å². The van der Waals surface area contributed by atoms with E-state index in [0.29, 0.717) is 16.9 Å². The molecule has 0 aromatic carbocycles. The Morgan fingerprint density at radius 3 is 2.47 bits per heavy atom. The number of carboxylic acid groups (broad SMARTS) is 1. The smallest absolute Gasteiger partial charge is 0.323 e. The van der Waals surface area contributed by atoms with Gasteiger partial charge in [-0.25, -0.2) is 0 Å². The molecule has 0 amide bonds. The van der Waals surface area contributed by atoms with Crippen molar-refractivity contribution >= 4 is 11.7 Å². The predicted molar refractivity (Wildman–Crippen MR) is 73.2 cm³/mol. The average Bonchev–Trinajstić information content (AvgIpc) is 2.23. The first-order valence-electron chi connectivity index (χ1n) is 6.04. The average molecular weight is 261 g/mol. The van der Waals surface area contributed by atoms with Crippen molar-refractivity contribution in [3.63, 3.8) is 0 Å². The summed E-state index contributed by atoms with van der Waals surface area (Å²) in [5.74, 6) is -0.925. The number of hydrogen-bond donors (Lipinski definition) is 1. The summed E-state index contributed by atoms with van der Waals surface area (Å²) in [6.07, 6.45) is 0. The van der Waals surface area contributed by atoms with Crippen molar-refractivity contribution in [3.8, 4) is 6.07 Å². The maximum atomic E-state index is 11.1. The molecule has 0 aliphatic heterocycles. The van der Waals surface area contributed by atoms with Gasteiger partial charge in [-0.1, -0.05) is 0 Å². The van der Waals surface area contributed by atoms with Crippen LogP contribution < -0.4 is 4.90 Å². The summed E-state index contributed by atoms with van der Waals surface area (Å²) >= 11 is 0. The minimum atomic E-state index is -0.925. The number of pyridine rings is 1. The molecule has 0 aliphatic rings. The first-order chi connectivity index (χ1) is 8.66. The van der Waals surface area contributed by atoms with E-state index in [2.05, 4.69) is 11.1 Å². The van der Waals surface area contributed by atoms with Gasteiger partial charge in [-0.05, 0) is 40.7 Å².